The lowest BCUT2D eigenvalue weighted by molar-refractivity contribution is 0.201. The molecule has 0 aliphatic carbocycles. The van der Waals surface area contributed by atoms with Crippen molar-refractivity contribution in [1.29, 1.82) is 0 Å². The number of hydrogen-bond donors (Lipinski definition) is 1. The number of rotatable bonds is 8. The monoisotopic (exact) mass is 286 g/mol. The molecule has 1 unspecified atom stereocenters. The molecular formula is C18H26N2O. The minimum absolute atomic E-state index is 0.196. The van der Waals surface area contributed by atoms with Crippen LogP contribution in [0, 0.1) is 0 Å². The fourth-order valence-corrected chi connectivity index (χ4v) is 2.59. The molecule has 3 heteroatoms. The van der Waals surface area contributed by atoms with Crippen molar-refractivity contribution in [2.45, 2.75) is 58.6 Å². The number of benzene rings is 1. The summed E-state index contributed by atoms with van der Waals surface area (Å²) in [5.41, 5.74) is 6.84. The zero-order valence-corrected chi connectivity index (χ0v) is 13.1. The van der Waals surface area contributed by atoms with Gasteiger partial charge in [-0.05, 0) is 36.8 Å². The standard InChI is InChI=1S/C18H26N2O/c1-3-4-5-6-9-14(2)21-18-17-11-8-7-10-16(17)15(12-19)13-20-18/h7-8,10-11,13-14H,3-6,9,12,19H2,1-2H3. The minimum atomic E-state index is 0.196. The molecule has 2 aromatic rings. The number of nitrogens with zero attached hydrogens (tertiary/aromatic N) is 1. The summed E-state index contributed by atoms with van der Waals surface area (Å²) in [4.78, 5) is 4.46. The lowest BCUT2D eigenvalue weighted by Gasteiger charge is -2.16. The molecule has 1 aromatic heterocycles. The van der Waals surface area contributed by atoms with Gasteiger partial charge in [0.2, 0.25) is 5.88 Å². The molecule has 1 atom stereocenters. The second kappa shape index (κ2) is 7.99. The Bertz CT molecular complexity index is 568. The van der Waals surface area contributed by atoms with Gasteiger partial charge < -0.3 is 10.5 Å². The lowest BCUT2D eigenvalue weighted by Crippen LogP contribution is -2.13. The summed E-state index contributed by atoms with van der Waals surface area (Å²) in [5.74, 6) is 0.728. The Kier molecular flexibility index (Phi) is 6.00. The van der Waals surface area contributed by atoms with Crippen LogP contribution in [0.4, 0.5) is 0 Å². The highest BCUT2D eigenvalue weighted by Gasteiger charge is 2.10. The maximum atomic E-state index is 6.06. The van der Waals surface area contributed by atoms with Gasteiger partial charge >= 0.3 is 0 Å². The molecule has 0 spiro atoms. The summed E-state index contributed by atoms with van der Waals surface area (Å²) < 4.78 is 6.06. The highest BCUT2D eigenvalue weighted by molar-refractivity contribution is 5.89. The van der Waals surface area contributed by atoms with E-state index in [1.165, 1.54) is 25.7 Å². The molecule has 0 aliphatic heterocycles. The Hall–Kier alpha value is -1.61. The summed E-state index contributed by atoms with van der Waals surface area (Å²) in [5, 5.41) is 2.20. The molecule has 0 radical (unpaired) electrons. The average Bonchev–Trinajstić information content (AvgIpc) is 2.52. The number of unbranched alkanes of at least 4 members (excludes halogenated alkanes) is 3. The number of ether oxygens (including phenoxy) is 1. The van der Waals surface area contributed by atoms with Crippen LogP contribution in [0.1, 0.15) is 51.5 Å². The van der Waals surface area contributed by atoms with Crippen LogP contribution in [0.2, 0.25) is 0 Å². The van der Waals surface area contributed by atoms with Gasteiger partial charge in [-0.3, -0.25) is 0 Å². The number of nitrogens with two attached hydrogens (primary N) is 1. The molecule has 2 N–H and O–H groups in total. The molecule has 0 amide bonds. The zero-order chi connectivity index (χ0) is 15.1. The number of pyridine rings is 1. The van der Waals surface area contributed by atoms with E-state index in [0.29, 0.717) is 6.54 Å². The van der Waals surface area contributed by atoms with E-state index in [1.807, 2.05) is 18.3 Å². The maximum absolute atomic E-state index is 6.06. The van der Waals surface area contributed by atoms with Crippen LogP contribution < -0.4 is 10.5 Å². The Balaban J connectivity index is 2.08. The molecule has 2 rings (SSSR count). The zero-order valence-electron chi connectivity index (χ0n) is 13.1. The molecular weight excluding hydrogens is 260 g/mol. The van der Waals surface area contributed by atoms with E-state index in [2.05, 4.69) is 31.0 Å². The summed E-state index contributed by atoms with van der Waals surface area (Å²) in [6.07, 6.45) is 8.18. The van der Waals surface area contributed by atoms with Gasteiger partial charge in [-0.25, -0.2) is 4.98 Å². The molecule has 21 heavy (non-hydrogen) atoms. The van der Waals surface area contributed by atoms with Crippen LogP contribution in [0.25, 0.3) is 10.8 Å². The van der Waals surface area contributed by atoms with E-state index in [4.69, 9.17) is 10.5 Å². The largest absolute Gasteiger partial charge is 0.474 e. The van der Waals surface area contributed by atoms with E-state index in [0.717, 1.165) is 28.6 Å². The molecule has 114 valence electrons. The third-order valence-corrected chi connectivity index (χ3v) is 3.84. The lowest BCUT2D eigenvalue weighted by atomic mass is 10.1. The van der Waals surface area contributed by atoms with Crippen molar-refractivity contribution >= 4 is 10.8 Å². The van der Waals surface area contributed by atoms with E-state index in [9.17, 15) is 0 Å². The topological polar surface area (TPSA) is 48.1 Å². The van der Waals surface area contributed by atoms with E-state index in [1.54, 1.807) is 0 Å². The van der Waals surface area contributed by atoms with Gasteiger partial charge in [0.1, 0.15) is 0 Å². The quantitative estimate of drug-likeness (QED) is 0.730. The van der Waals surface area contributed by atoms with Crippen molar-refractivity contribution in [2.24, 2.45) is 5.73 Å². The van der Waals surface area contributed by atoms with E-state index >= 15 is 0 Å². The van der Waals surface area contributed by atoms with E-state index in [-0.39, 0.29) is 6.10 Å². The first kappa shape index (κ1) is 15.8. The Morgan fingerprint density at radius 3 is 2.62 bits per heavy atom. The molecule has 1 heterocycles. The van der Waals surface area contributed by atoms with Crippen molar-refractivity contribution in [3.05, 3.63) is 36.0 Å². The van der Waals surface area contributed by atoms with Crippen LogP contribution >= 0.6 is 0 Å². The number of hydrogen-bond acceptors (Lipinski definition) is 3. The molecule has 0 saturated heterocycles. The SMILES string of the molecule is CCCCCCC(C)Oc1ncc(CN)c2ccccc12. The number of aromatic nitrogens is 1. The third-order valence-electron chi connectivity index (χ3n) is 3.84. The minimum Gasteiger partial charge on any atom is -0.474 e. The van der Waals surface area contributed by atoms with Gasteiger partial charge in [-0.15, -0.1) is 0 Å². The van der Waals surface area contributed by atoms with Crippen LogP contribution in [0.3, 0.4) is 0 Å². The van der Waals surface area contributed by atoms with Crippen molar-refractivity contribution in [3.8, 4) is 5.88 Å². The first-order valence-corrected chi connectivity index (χ1v) is 7.99. The predicted octanol–water partition coefficient (Wildman–Crippen LogP) is 4.43. The van der Waals surface area contributed by atoms with Crippen LogP contribution in [0.5, 0.6) is 5.88 Å². The second-order valence-corrected chi connectivity index (χ2v) is 5.62. The molecule has 0 bridgehead atoms. The fraction of sp³-hybridized carbons (Fsp3) is 0.500. The molecule has 3 nitrogen and oxygen atoms in total. The Morgan fingerprint density at radius 1 is 1.14 bits per heavy atom. The summed E-state index contributed by atoms with van der Waals surface area (Å²) in [6, 6.07) is 8.18. The number of fused-ring (bicyclic) bond motifs is 1. The third kappa shape index (κ3) is 4.18. The Labute approximate surface area is 127 Å². The van der Waals surface area contributed by atoms with Gasteiger partial charge in [0, 0.05) is 18.1 Å². The summed E-state index contributed by atoms with van der Waals surface area (Å²) in [6.45, 7) is 4.86. The average molecular weight is 286 g/mol. The van der Waals surface area contributed by atoms with Gasteiger partial charge in [-0.1, -0.05) is 44.4 Å². The molecule has 1 aromatic carbocycles. The Morgan fingerprint density at radius 2 is 1.90 bits per heavy atom. The van der Waals surface area contributed by atoms with Gasteiger partial charge in [0.05, 0.1) is 6.10 Å². The fourth-order valence-electron chi connectivity index (χ4n) is 2.59. The van der Waals surface area contributed by atoms with Crippen LogP contribution in [-0.2, 0) is 6.54 Å². The first-order valence-electron chi connectivity index (χ1n) is 7.99. The normalized spacial score (nSPS) is 12.5. The highest BCUT2D eigenvalue weighted by atomic mass is 16.5. The molecule has 0 saturated carbocycles. The van der Waals surface area contributed by atoms with Gasteiger partial charge in [0.15, 0.2) is 0 Å². The van der Waals surface area contributed by atoms with Crippen molar-refractivity contribution in [2.75, 3.05) is 0 Å². The van der Waals surface area contributed by atoms with Gasteiger partial charge in [-0.2, -0.15) is 0 Å². The van der Waals surface area contributed by atoms with Crippen LogP contribution in [-0.4, -0.2) is 11.1 Å². The van der Waals surface area contributed by atoms with Crippen molar-refractivity contribution in [1.82, 2.24) is 4.98 Å². The maximum Gasteiger partial charge on any atom is 0.221 e. The molecule has 0 fully saturated rings. The smallest absolute Gasteiger partial charge is 0.221 e. The van der Waals surface area contributed by atoms with Crippen molar-refractivity contribution < 1.29 is 4.74 Å². The second-order valence-electron chi connectivity index (χ2n) is 5.62. The molecule has 0 aliphatic rings. The predicted molar refractivity (Wildman–Crippen MR) is 88.5 cm³/mol. The highest BCUT2D eigenvalue weighted by Crippen LogP contribution is 2.27. The summed E-state index contributed by atoms with van der Waals surface area (Å²) >= 11 is 0. The first-order chi connectivity index (χ1) is 10.3. The summed E-state index contributed by atoms with van der Waals surface area (Å²) in [7, 11) is 0. The van der Waals surface area contributed by atoms with Crippen molar-refractivity contribution in [3.63, 3.8) is 0 Å². The van der Waals surface area contributed by atoms with E-state index < -0.39 is 0 Å². The van der Waals surface area contributed by atoms with Gasteiger partial charge in [0.25, 0.3) is 0 Å². The van der Waals surface area contributed by atoms with Crippen LogP contribution in [0.15, 0.2) is 30.5 Å².